The Bertz CT molecular complexity index is 334. The summed E-state index contributed by atoms with van der Waals surface area (Å²) in [5, 5.41) is 3.39. The second kappa shape index (κ2) is 3.32. The first kappa shape index (κ1) is 8.88. The Morgan fingerprint density at radius 1 is 1.29 bits per heavy atom. The molecule has 1 aromatic rings. The van der Waals surface area contributed by atoms with E-state index in [2.05, 4.69) is 37.9 Å². The van der Waals surface area contributed by atoms with Crippen molar-refractivity contribution in [1.29, 1.82) is 0 Å². The number of hydrogen-bond donors (Lipinski definition) is 1. The topological polar surface area (TPSA) is 37.8 Å². The summed E-state index contributed by atoms with van der Waals surface area (Å²) in [6.07, 6.45) is 7.90. The first-order valence-corrected chi connectivity index (χ1v) is 6.15. The van der Waals surface area contributed by atoms with Crippen LogP contribution in [-0.2, 0) is 0 Å². The molecule has 0 aromatic carbocycles. The van der Waals surface area contributed by atoms with Crippen molar-refractivity contribution < 1.29 is 0 Å². The molecule has 2 saturated carbocycles. The van der Waals surface area contributed by atoms with Gasteiger partial charge in [0.1, 0.15) is 0 Å². The van der Waals surface area contributed by atoms with Crippen LogP contribution in [0.15, 0.2) is 12.4 Å². The van der Waals surface area contributed by atoms with Gasteiger partial charge in [0.05, 0.1) is 0 Å². The highest BCUT2D eigenvalue weighted by Crippen LogP contribution is 2.50. The molecule has 1 aromatic heterocycles. The Kier molecular flexibility index (Phi) is 2.11. The molecule has 2 aliphatic carbocycles. The monoisotopic (exact) mass is 301 g/mol. The van der Waals surface area contributed by atoms with Gasteiger partial charge in [0.25, 0.3) is 0 Å². The largest absolute Gasteiger partial charge is 0.351 e. The maximum absolute atomic E-state index is 4.24. The van der Waals surface area contributed by atoms with Crippen LogP contribution in [0.2, 0.25) is 0 Å². The third-order valence-electron chi connectivity index (χ3n) is 3.00. The molecule has 3 nitrogen and oxygen atoms in total. The van der Waals surface area contributed by atoms with E-state index in [0.29, 0.717) is 6.04 Å². The summed E-state index contributed by atoms with van der Waals surface area (Å²) in [6.45, 7) is 0. The molecule has 0 saturated heterocycles. The lowest BCUT2D eigenvalue weighted by molar-refractivity contribution is 0.695. The van der Waals surface area contributed by atoms with Crippen LogP contribution in [0.3, 0.4) is 0 Å². The molecule has 74 valence electrons. The van der Waals surface area contributed by atoms with Crippen molar-refractivity contribution in [3.05, 3.63) is 16.0 Å². The van der Waals surface area contributed by atoms with Gasteiger partial charge in [-0.05, 0) is 53.7 Å². The molecular formula is C10H12IN3. The second-order valence-corrected chi connectivity index (χ2v) is 5.46. The zero-order valence-electron chi connectivity index (χ0n) is 7.78. The molecule has 1 heterocycles. The minimum atomic E-state index is 0.655. The van der Waals surface area contributed by atoms with Gasteiger partial charge in [0.2, 0.25) is 5.95 Å². The molecule has 0 radical (unpaired) electrons. The summed E-state index contributed by atoms with van der Waals surface area (Å²) in [5.41, 5.74) is 0. The van der Waals surface area contributed by atoms with Gasteiger partial charge in [0, 0.05) is 22.0 Å². The van der Waals surface area contributed by atoms with Gasteiger partial charge in [-0.1, -0.05) is 0 Å². The van der Waals surface area contributed by atoms with Crippen molar-refractivity contribution in [3.8, 4) is 0 Å². The number of halogens is 1. The fourth-order valence-electron chi connectivity index (χ4n) is 1.98. The number of anilines is 1. The van der Waals surface area contributed by atoms with Crippen LogP contribution < -0.4 is 5.32 Å². The van der Waals surface area contributed by atoms with E-state index < -0.39 is 0 Å². The van der Waals surface area contributed by atoms with Crippen molar-refractivity contribution >= 4 is 28.5 Å². The first-order valence-electron chi connectivity index (χ1n) is 5.07. The average molecular weight is 301 g/mol. The number of rotatable bonds is 3. The van der Waals surface area contributed by atoms with Gasteiger partial charge in [-0.15, -0.1) is 0 Å². The Labute approximate surface area is 96.9 Å². The fraction of sp³-hybridized carbons (Fsp3) is 0.600. The highest BCUT2D eigenvalue weighted by atomic mass is 127. The van der Waals surface area contributed by atoms with E-state index >= 15 is 0 Å². The molecule has 0 unspecified atom stereocenters. The number of aromatic nitrogens is 2. The highest BCUT2D eigenvalue weighted by Gasteiger charge is 2.47. The van der Waals surface area contributed by atoms with Crippen LogP contribution in [-0.4, -0.2) is 16.0 Å². The van der Waals surface area contributed by atoms with Crippen LogP contribution in [0.25, 0.3) is 0 Å². The van der Waals surface area contributed by atoms with Crippen LogP contribution in [0.1, 0.15) is 19.3 Å². The molecule has 0 amide bonds. The highest BCUT2D eigenvalue weighted by molar-refractivity contribution is 14.1. The molecule has 4 heteroatoms. The quantitative estimate of drug-likeness (QED) is 0.871. The van der Waals surface area contributed by atoms with E-state index in [1.807, 2.05) is 12.4 Å². The zero-order chi connectivity index (χ0) is 9.54. The summed E-state index contributed by atoms with van der Waals surface area (Å²) in [5.74, 6) is 2.72. The molecule has 3 rings (SSSR count). The molecule has 0 aliphatic heterocycles. The number of nitrogens with one attached hydrogen (secondary N) is 1. The van der Waals surface area contributed by atoms with E-state index in [4.69, 9.17) is 0 Å². The third-order valence-corrected chi connectivity index (χ3v) is 3.56. The van der Waals surface area contributed by atoms with Crippen LogP contribution in [0.5, 0.6) is 0 Å². The van der Waals surface area contributed by atoms with E-state index in [9.17, 15) is 0 Å². The normalized spacial score (nSPS) is 30.1. The van der Waals surface area contributed by atoms with Crippen LogP contribution >= 0.6 is 22.6 Å². The average Bonchev–Trinajstić information content (AvgIpc) is 2.99. The lowest BCUT2D eigenvalue weighted by Crippen LogP contribution is -2.08. The Morgan fingerprint density at radius 3 is 2.64 bits per heavy atom. The van der Waals surface area contributed by atoms with E-state index in [-0.39, 0.29) is 0 Å². The number of nitrogens with zero attached hydrogens (tertiary/aromatic N) is 2. The van der Waals surface area contributed by atoms with E-state index in [1.54, 1.807) is 0 Å². The molecule has 14 heavy (non-hydrogen) atoms. The Morgan fingerprint density at radius 2 is 2.00 bits per heavy atom. The predicted octanol–water partition coefficient (Wildman–Crippen LogP) is 2.29. The van der Waals surface area contributed by atoms with Crippen LogP contribution in [0.4, 0.5) is 5.95 Å². The van der Waals surface area contributed by atoms with Crippen molar-refractivity contribution in [1.82, 2.24) is 9.97 Å². The number of hydrogen-bond acceptors (Lipinski definition) is 3. The summed E-state index contributed by atoms with van der Waals surface area (Å²) < 4.78 is 1.09. The van der Waals surface area contributed by atoms with Gasteiger partial charge in [0.15, 0.2) is 0 Å². The summed E-state index contributed by atoms with van der Waals surface area (Å²) in [7, 11) is 0. The molecule has 2 fully saturated rings. The molecular weight excluding hydrogens is 289 g/mol. The SMILES string of the molecule is Ic1cnc(N[C@@H]2C[C@H]2C2CC2)nc1. The predicted molar refractivity (Wildman–Crippen MR) is 63.0 cm³/mol. The van der Waals surface area contributed by atoms with Crippen LogP contribution in [0, 0.1) is 15.4 Å². The summed E-state index contributed by atoms with van der Waals surface area (Å²) >= 11 is 2.22. The molecule has 2 atom stereocenters. The smallest absolute Gasteiger partial charge is 0.222 e. The molecule has 1 N–H and O–H groups in total. The van der Waals surface area contributed by atoms with E-state index in [1.165, 1.54) is 19.3 Å². The van der Waals surface area contributed by atoms with Gasteiger partial charge in [-0.25, -0.2) is 9.97 Å². The maximum atomic E-state index is 4.24. The maximum Gasteiger partial charge on any atom is 0.222 e. The van der Waals surface area contributed by atoms with Gasteiger partial charge >= 0.3 is 0 Å². The Balaban J connectivity index is 1.59. The standard InChI is InChI=1S/C10H12IN3/c11-7-4-12-10(13-5-7)14-9-3-8(9)6-1-2-6/h4-6,8-9H,1-3H2,(H,12,13,14)/t8-,9+/m0/s1. The second-order valence-electron chi connectivity index (χ2n) is 4.21. The minimum absolute atomic E-state index is 0.655. The first-order chi connectivity index (χ1) is 6.83. The van der Waals surface area contributed by atoms with Gasteiger partial charge in [-0.2, -0.15) is 0 Å². The lowest BCUT2D eigenvalue weighted by atomic mass is 10.3. The van der Waals surface area contributed by atoms with Gasteiger partial charge < -0.3 is 5.32 Å². The zero-order valence-corrected chi connectivity index (χ0v) is 9.94. The Hall–Kier alpha value is -0.390. The lowest BCUT2D eigenvalue weighted by Gasteiger charge is -2.02. The van der Waals surface area contributed by atoms with Gasteiger partial charge in [-0.3, -0.25) is 0 Å². The van der Waals surface area contributed by atoms with Crippen molar-refractivity contribution in [3.63, 3.8) is 0 Å². The summed E-state index contributed by atoms with van der Waals surface area (Å²) in [6, 6.07) is 0.655. The molecule has 0 bridgehead atoms. The van der Waals surface area contributed by atoms with Crippen molar-refractivity contribution in [2.24, 2.45) is 11.8 Å². The van der Waals surface area contributed by atoms with Crippen molar-refractivity contribution in [2.75, 3.05) is 5.32 Å². The fourth-order valence-corrected chi connectivity index (χ4v) is 2.26. The third kappa shape index (κ3) is 1.85. The molecule has 0 spiro atoms. The van der Waals surface area contributed by atoms with E-state index in [0.717, 1.165) is 21.4 Å². The summed E-state index contributed by atoms with van der Waals surface area (Å²) in [4.78, 5) is 8.49. The minimum Gasteiger partial charge on any atom is -0.351 e. The van der Waals surface area contributed by atoms with Crippen molar-refractivity contribution in [2.45, 2.75) is 25.3 Å². The molecule has 2 aliphatic rings.